The Morgan fingerprint density at radius 1 is 1.36 bits per heavy atom. The lowest BCUT2D eigenvalue weighted by Crippen LogP contribution is -2.30. The smallest absolute Gasteiger partial charge is 0.333 e. The van der Waals surface area contributed by atoms with Gasteiger partial charge in [-0.2, -0.15) is 5.10 Å². The molecule has 0 aliphatic carbocycles. The number of para-hydroxylation sites is 1. The van der Waals surface area contributed by atoms with Gasteiger partial charge in [-0.3, -0.25) is 4.79 Å². The quantitative estimate of drug-likeness (QED) is 0.868. The van der Waals surface area contributed by atoms with Crippen molar-refractivity contribution in [1.29, 1.82) is 0 Å². The van der Waals surface area contributed by atoms with Gasteiger partial charge in [-0.1, -0.05) is 32.0 Å². The molecular weight excluding hydrogens is 322 g/mol. The number of carboxylic acids is 1. The van der Waals surface area contributed by atoms with Gasteiger partial charge in [0.1, 0.15) is 6.10 Å². The maximum atomic E-state index is 12.5. The van der Waals surface area contributed by atoms with Gasteiger partial charge in [0.05, 0.1) is 23.3 Å². The molecule has 3 rings (SSSR count). The summed E-state index contributed by atoms with van der Waals surface area (Å²) in [6.07, 6.45) is 0.979. The SMILES string of the molecule is CCc1c(NC(=O)[C@@H]2C[C@H](C)[C@@H](C(=O)O)O2)cnn1-c1ccccc1. The first-order chi connectivity index (χ1) is 12.0. The van der Waals surface area contributed by atoms with Crippen LogP contribution in [0.4, 0.5) is 5.69 Å². The van der Waals surface area contributed by atoms with Crippen molar-refractivity contribution in [3.05, 3.63) is 42.2 Å². The molecule has 2 aromatic rings. The van der Waals surface area contributed by atoms with Crippen LogP contribution in [0.5, 0.6) is 0 Å². The second-order valence-corrected chi connectivity index (χ2v) is 6.19. The van der Waals surface area contributed by atoms with Crippen LogP contribution >= 0.6 is 0 Å². The zero-order chi connectivity index (χ0) is 18.0. The summed E-state index contributed by atoms with van der Waals surface area (Å²) in [5, 5.41) is 16.3. The number of ether oxygens (including phenoxy) is 1. The second-order valence-electron chi connectivity index (χ2n) is 6.19. The van der Waals surface area contributed by atoms with Crippen LogP contribution in [0.1, 0.15) is 26.0 Å². The number of carbonyl (C=O) groups is 2. The molecule has 1 amide bonds. The first kappa shape index (κ1) is 17.2. The fourth-order valence-corrected chi connectivity index (χ4v) is 3.12. The van der Waals surface area contributed by atoms with Gasteiger partial charge in [0.15, 0.2) is 6.10 Å². The molecule has 1 aliphatic heterocycles. The minimum Gasteiger partial charge on any atom is -0.479 e. The normalized spacial score (nSPS) is 22.7. The summed E-state index contributed by atoms with van der Waals surface area (Å²) >= 11 is 0. The summed E-state index contributed by atoms with van der Waals surface area (Å²) in [5.41, 5.74) is 2.41. The summed E-state index contributed by atoms with van der Waals surface area (Å²) < 4.78 is 7.18. The van der Waals surface area contributed by atoms with Crippen LogP contribution in [0.2, 0.25) is 0 Å². The maximum Gasteiger partial charge on any atom is 0.333 e. The topological polar surface area (TPSA) is 93.5 Å². The molecule has 7 heteroatoms. The van der Waals surface area contributed by atoms with E-state index in [1.807, 2.05) is 37.3 Å². The molecule has 132 valence electrons. The van der Waals surface area contributed by atoms with Gasteiger partial charge in [-0.15, -0.1) is 0 Å². The Balaban J connectivity index is 1.76. The third kappa shape index (κ3) is 3.41. The van der Waals surface area contributed by atoms with E-state index in [9.17, 15) is 9.59 Å². The Kier molecular flexibility index (Phi) is 4.85. The lowest BCUT2D eigenvalue weighted by Gasteiger charge is -2.12. The Hall–Kier alpha value is -2.67. The summed E-state index contributed by atoms with van der Waals surface area (Å²) in [6.45, 7) is 3.76. The van der Waals surface area contributed by atoms with Crippen LogP contribution in [0.3, 0.4) is 0 Å². The van der Waals surface area contributed by atoms with Crippen LogP contribution in [-0.2, 0) is 20.7 Å². The zero-order valence-electron chi connectivity index (χ0n) is 14.2. The first-order valence-corrected chi connectivity index (χ1v) is 8.32. The van der Waals surface area contributed by atoms with Gasteiger partial charge in [-0.25, -0.2) is 9.48 Å². The van der Waals surface area contributed by atoms with Crippen molar-refractivity contribution in [1.82, 2.24) is 9.78 Å². The molecule has 1 saturated heterocycles. The third-order valence-electron chi connectivity index (χ3n) is 4.41. The molecule has 7 nitrogen and oxygen atoms in total. The van der Waals surface area contributed by atoms with Crippen LogP contribution in [0, 0.1) is 5.92 Å². The number of carbonyl (C=O) groups excluding carboxylic acids is 1. The molecule has 0 bridgehead atoms. The molecule has 1 aromatic carbocycles. The number of nitrogens with one attached hydrogen (secondary N) is 1. The van der Waals surface area contributed by atoms with Crippen LogP contribution in [0.25, 0.3) is 5.69 Å². The van der Waals surface area contributed by atoms with E-state index >= 15 is 0 Å². The van der Waals surface area contributed by atoms with Gasteiger partial charge in [0.2, 0.25) is 0 Å². The van der Waals surface area contributed by atoms with E-state index in [0.29, 0.717) is 18.5 Å². The Morgan fingerprint density at radius 2 is 2.08 bits per heavy atom. The first-order valence-electron chi connectivity index (χ1n) is 8.32. The molecule has 3 atom stereocenters. The van der Waals surface area contributed by atoms with Crippen molar-refractivity contribution in [2.24, 2.45) is 5.92 Å². The van der Waals surface area contributed by atoms with E-state index in [2.05, 4.69) is 10.4 Å². The molecule has 0 unspecified atom stereocenters. The summed E-state index contributed by atoms with van der Waals surface area (Å²) in [5.74, 6) is -1.57. The molecular formula is C18H21N3O4. The highest BCUT2D eigenvalue weighted by Crippen LogP contribution is 2.28. The number of carboxylic acid groups (broad SMARTS) is 1. The van der Waals surface area contributed by atoms with E-state index in [0.717, 1.165) is 11.4 Å². The van der Waals surface area contributed by atoms with Crippen LogP contribution in [-0.4, -0.2) is 39.0 Å². The predicted molar refractivity (Wildman–Crippen MR) is 91.6 cm³/mol. The minimum absolute atomic E-state index is 0.203. The van der Waals surface area contributed by atoms with E-state index in [4.69, 9.17) is 9.84 Å². The van der Waals surface area contributed by atoms with Crippen molar-refractivity contribution < 1.29 is 19.4 Å². The Bertz CT molecular complexity index is 772. The van der Waals surface area contributed by atoms with Gasteiger partial charge in [0, 0.05) is 0 Å². The molecule has 0 spiro atoms. The minimum atomic E-state index is -1.03. The lowest BCUT2D eigenvalue weighted by molar-refractivity contribution is -0.152. The van der Waals surface area contributed by atoms with Gasteiger partial charge >= 0.3 is 5.97 Å². The van der Waals surface area contributed by atoms with E-state index in [1.54, 1.807) is 17.8 Å². The maximum absolute atomic E-state index is 12.5. The number of amides is 1. The lowest BCUT2D eigenvalue weighted by atomic mass is 10.0. The Labute approximate surface area is 145 Å². The number of rotatable bonds is 5. The fourth-order valence-electron chi connectivity index (χ4n) is 3.12. The Morgan fingerprint density at radius 3 is 2.68 bits per heavy atom. The van der Waals surface area contributed by atoms with Crippen molar-refractivity contribution in [2.45, 2.75) is 38.9 Å². The molecule has 1 aromatic heterocycles. The number of aromatic nitrogens is 2. The molecule has 1 aliphatic rings. The molecule has 1 fully saturated rings. The number of aliphatic carboxylic acids is 1. The zero-order valence-corrected chi connectivity index (χ0v) is 14.2. The second kappa shape index (κ2) is 7.06. The average Bonchev–Trinajstić information content (AvgIpc) is 3.19. The van der Waals surface area contributed by atoms with Crippen LogP contribution in [0.15, 0.2) is 36.5 Å². The average molecular weight is 343 g/mol. The molecule has 2 heterocycles. The van der Waals surface area contributed by atoms with Gasteiger partial charge in [-0.05, 0) is 30.9 Å². The number of benzene rings is 1. The largest absolute Gasteiger partial charge is 0.479 e. The number of anilines is 1. The highest BCUT2D eigenvalue weighted by Gasteiger charge is 2.40. The summed E-state index contributed by atoms with van der Waals surface area (Å²) in [7, 11) is 0. The predicted octanol–water partition coefficient (Wildman–Crippen LogP) is 2.25. The van der Waals surface area contributed by atoms with Crippen molar-refractivity contribution >= 4 is 17.6 Å². The third-order valence-corrected chi connectivity index (χ3v) is 4.41. The van der Waals surface area contributed by atoms with Gasteiger partial charge in [0.25, 0.3) is 5.91 Å². The van der Waals surface area contributed by atoms with Crippen molar-refractivity contribution in [3.8, 4) is 5.69 Å². The van der Waals surface area contributed by atoms with Crippen molar-refractivity contribution in [3.63, 3.8) is 0 Å². The highest BCUT2D eigenvalue weighted by molar-refractivity contribution is 5.95. The molecule has 0 saturated carbocycles. The van der Waals surface area contributed by atoms with Gasteiger partial charge < -0.3 is 15.2 Å². The van der Waals surface area contributed by atoms with E-state index < -0.39 is 18.2 Å². The van der Waals surface area contributed by atoms with E-state index in [1.165, 1.54) is 0 Å². The molecule has 0 radical (unpaired) electrons. The summed E-state index contributed by atoms with van der Waals surface area (Å²) in [4.78, 5) is 23.6. The standard InChI is InChI=1S/C18H21N3O4/c1-3-14-13(10-19-21(14)12-7-5-4-6-8-12)20-17(22)15-9-11(2)16(25-15)18(23)24/h4-8,10-11,15-16H,3,9H2,1-2H3,(H,20,22)(H,23,24)/t11-,15-,16-/m0/s1. The number of nitrogens with zero attached hydrogens (tertiary/aromatic N) is 2. The molecule has 25 heavy (non-hydrogen) atoms. The highest BCUT2D eigenvalue weighted by atomic mass is 16.5. The number of hydrogen-bond donors (Lipinski definition) is 2. The number of hydrogen-bond acceptors (Lipinski definition) is 4. The monoisotopic (exact) mass is 343 g/mol. The van der Waals surface area contributed by atoms with Crippen molar-refractivity contribution in [2.75, 3.05) is 5.32 Å². The fraction of sp³-hybridized carbons (Fsp3) is 0.389. The summed E-state index contributed by atoms with van der Waals surface area (Å²) in [6, 6.07) is 9.66. The van der Waals surface area contributed by atoms with Crippen LogP contribution < -0.4 is 5.32 Å². The van der Waals surface area contributed by atoms with E-state index in [-0.39, 0.29) is 11.8 Å². The molecule has 2 N–H and O–H groups in total.